The van der Waals surface area contributed by atoms with E-state index in [1.165, 1.54) is 0 Å². The van der Waals surface area contributed by atoms with E-state index < -0.39 is 0 Å². The van der Waals surface area contributed by atoms with Gasteiger partial charge in [-0.2, -0.15) is 0 Å². The SMILES string of the molecule is CCNC(=O)c1ccc(N)c(N2CCOC(C)(C)C2)c1. The van der Waals surface area contributed by atoms with Crippen molar-refractivity contribution >= 4 is 17.3 Å². The largest absolute Gasteiger partial charge is 0.397 e. The van der Waals surface area contributed by atoms with E-state index >= 15 is 0 Å². The summed E-state index contributed by atoms with van der Waals surface area (Å²) in [6.45, 7) is 8.84. The van der Waals surface area contributed by atoms with Crippen molar-refractivity contribution in [2.45, 2.75) is 26.4 Å². The van der Waals surface area contributed by atoms with Gasteiger partial charge in [-0.25, -0.2) is 0 Å². The second kappa shape index (κ2) is 5.71. The van der Waals surface area contributed by atoms with Crippen LogP contribution >= 0.6 is 0 Å². The van der Waals surface area contributed by atoms with Gasteiger partial charge >= 0.3 is 0 Å². The quantitative estimate of drug-likeness (QED) is 0.824. The smallest absolute Gasteiger partial charge is 0.251 e. The molecule has 5 nitrogen and oxygen atoms in total. The number of hydrogen-bond acceptors (Lipinski definition) is 4. The first-order valence-electron chi connectivity index (χ1n) is 6.99. The summed E-state index contributed by atoms with van der Waals surface area (Å²) in [4.78, 5) is 14.1. The van der Waals surface area contributed by atoms with Crippen LogP contribution in [-0.2, 0) is 4.74 Å². The number of rotatable bonds is 3. The Morgan fingerprint density at radius 2 is 2.25 bits per heavy atom. The van der Waals surface area contributed by atoms with Crippen LogP contribution in [0.4, 0.5) is 11.4 Å². The first-order valence-corrected chi connectivity index (χ1v) is 6.99. The van der Waals surface area contributed by atoms with Gasteiger partial charge in [-0.1, -0.05) is 0 Å². The molecule has 0 aromatic heterocycles. The highest BCUT2D eigenvalue weighted by molar-refractivity contribution is 5.96. The van der Waals surface area contributed by atoms with E-state index in [0.717, 1.165) is 18.8 Å². The third kappa shape index (κ3) is 3.22. The fraction of sp³-hybridized carbons (Fsp3) is 0.533. The maximum absolute atomic E-state index is 11.9. The van der Waals surface area contributed by atoms with Crippen LogP contribution in [0.3, 0.4) is 0 Å². The van der Waals surface area contributed by atoms with E-state index in [-0.39, 0.29) is 11.5 Å². The minimum absolute atomic E-state index is 0.0683. The number of anilines is 2. The van der Waals surface area contributed by atoms with Crippen molar-refractivity contribution in [3.8, 4) is 0 Å². The lowest BCUT2D eigenvalue weighted by Gasteiger charge is -2.40. The number of nitrogen functional groups attached to an aromatic ring is 1. The molecule has 0 spiro atoms. The molecule has 0 aliphatic carbocycles. The van der Waals surface area contributed by atoms with Crippen LogP contribution in [0.5, 0.6) is 0 Å². The molecule has 1 aromatic rings. The molecule has 1 heterocycles. The molecule has 0 atom stereocenters. The molecule has 1 saturated heterocycles. The number of carbonyl (C=O) groups excluding carboxylic acids is 1. The molecule has 1 aromatic carbocycles. The number of nitrogens with zero attached hydrogens (tertiary/aromatic N) is 1. The molecule has 0 radical (unpaired) electrons. The minimum atomic E-state index is -0.202. The van der Waals surface area contributed by atoms with Gasteiger partial charge < -0.3 is 20.7 Å². The third-order valence-corrected chi connectivity index (χ3v) is 3.40. The molecule has 1 amide bonds. The second-order valence-corrected chi connectivity index (χ2v) is 5.66. The number of amides is 1. The zero-order valence-corrected chi connectivity index (χ0v) is 12.4. The van der Waals surface area contributed by atoms with Gasteiger partial charge in [0.05, 0.1) is 23.6 Å². The molecule has 5 heteroatoms. The van der Waals surface area contributed by atoms with Gasteiger partial charge in [0.2, 0.25) is 0 Å². The number of ether oxygens (including phenoxy) is 1. The van der Waals surface area contributed by atoms with Gasteiger partial charge in [-0.3, -0.25) is 4.79 Å². The maximum Gasteiger partial charge on any atom is 0.251 e. The van der Waals surface area contributed by atoms with Crippen molar-refractivity contribution in [2.75, 3.05) is 36.9 Å². The van der Waals surface area contributed by atoms with Crippen LogP contribution < -0.4 is 16.0 Å². The summed E-state index contributed by atoms with van der Waals surface area (Å²) in [5.74, 6) is -0.0683. The molecule has 0 saturated carbocycles. The topological polar surface area (TPSA) is 67.6 Å². The van der Waals surface area contributed by atoms with Crippen LogP contribution in [0.25, 0.3) is 0 Å². The van der Waals surface area contributed by atoms with Gasteiger partial charge in [0.25, 0.3) is 5.91 Å². The van der Waals surface area contributed by atoms with Gasteiger partial charge in [-0.15, -0.1) is 0 Å². The zero-order chi connectivity index (χ0) is 14.8. The Kier molecular flexibility index (Phi) is 4.18. The molecule has 0 bridgehead atoms. The summed E-state index contributed by atoms with van der Waals surface area (Å²) < 4.78 is 5.71. The van der Waals surface area contributed by atoms with Crippen molar-refractivity contribution in [3.05, 3.63) is 23.8 Å². The summed E-state index contributed by atoms with van der Waals surface area (Å²) >= 11 is 0. The summed E-state index contributed by atoms with van der Waals surface area (Å²) in [6, 6.07) is 5.42. The lowest BCUT2D eigenvalue weighted by Crippen LogP contribution is -2.48. The predicted molar refractivity (Wildman–Crippen MR) is 81.1 cm³/mol. The van der Waals surface area contributed by atoms with E-state index in [1.807, 2.05) is 13.0 Å². The highest BCUT2D eigenvalue weighted by Gasteiger charge is 2.28. The van der Waals surface area contributed by atoms with Crippen LogP contribution in [-0.4, -0.2) is 37.7 Å². The van der Waals surface area contributed by atoms with Crippen LogP contribution in [0.1, 0.15) is 31.1 Å². The lowest BCUT2D eigenvalue weighted by atomic mass is 10.1. The summed E-state index contributed by atoms with van der Waals surface area (Å²) in [6.07, 6.45) is 0. The molecule has 2 rings (SSSR count). The normalized spacial score (nSPS) is 17.9. The minimum Gasteiger partial charge on any atom is -0.397 e. The molecule has 0 unspecified atom stereocenters. The Hall–Kier alpha value is -1.75. The maximum atomic E-state index is 11.9. The first kappa shape index (κ1) is 14.7. The van der Waals surface area contributed by atoms with Crippen LogP contribution in [0.15, 0.2) is 18.2 Å². The highest BCUT2D eigenvalue weighted by atomic mass is 16.5. The Balaban J connectivity index is 2.26. The van der Waals surface area contributed by atoms with E-state index in [4.69, 9.17) is 10.5 Å². The number of benzene rings is 1. The van der Waals surface area contributed by atoms with E-state index in [9.17, 15) is 4.79 Å². The fourth-order valence-corrected chi connectivity index (χ4v) is 2.44. The van der Waals surface area contributed by atoms with E-state index in [1.54, 1.807) is 12.1 Å². The molecular formula is C15H23N3O2. The van der Waals surface area contributed by atoms with Crippen molar-refractivity contribution < 1.29 is 9.53 Å². The fourth-order valence-electron chi connectivity index (χ4n) is 2.44. The van der Waals surface area contributed by atoms with Crippen molar-refractivity contribution in [1.82, 2.24) is 5.32 Å². The Morgan fingerprint density at radius 1 is 1.50 bits per heavy atom. The molecule has 3 N–H and O–H groups in total. The van der Waals surface area contributed by atoms with Gasteiger partial charge in [-0.05, 0) is 39.0 Å². The Labute approximate surface area is 120 Å². The van der Waals surface area contributed by atoms with Crippen LogP contribution in [0.2, 0.25) is 0 Å². The number of carbonyl (C=O) groups is 1. The van der Waals surface area contributed by atoms with Crippen molar-refractivity contribution in [1.29, 1.82) is 0 Å². The van der Waals surface area contributed by atoms with E-state index in [0.29, 0.717) is 24.4 Å². The van der Waals surface area contributed by atoms with Gasteiger partial charge in [0, 0.05) is 25.2 Å². The summed E-state index contributed by atoms with van der Waals surface area (Å²) in [5.41, 5.74) is 8.10. The van der Waals surface area contributed by atoms with Gasteiger partial charge in [0.1, 0.15) is 0 Å². The monoisotopic (exact) mass is 277 g/mol. The summed E-state index contributed by atoms with van der Waals surface area (Å²) in [5, 5.41) is 2.80. The average Bonchev–Trinajstić information content (AvgIpc) is 2.38. The third-order valence-electron chi connectivity index (χ3n) is 3.40. The van der Waals surface area contributed by atoms with Crippen molar-refractivity contribution in [2.24, 2.45) is 0 Å². The molecule has 110 valence electrons. The first-order chi connectivity index (χ1) is 9.43. The van der Waals surface area contributed by atoms with Crippen LogP contribution in [0, 0.1) is 0 Å². The Morgan fingerprint density at radius 3 is 2.90 bits per heavy atom. The van der Waals surface area contributed by atoms with Crippen molar-refractivity contribution in [3.63, 3.8) is 0 Å². The highest BCUT2D eigenvalue weighted by Crippen LogP contribution is 2.29. The number of morpholine rings is 1. The molecule has 1 aliphatic heterocycles. The number of nitrogens with one attached hydrogen (secondary N) is 1. The molecule has 20 heavy (non-hydrogen) atoms. The predicted octanol–water partition coefficient (Wildman–Crippen LogP) is 1.63. The number of hydrogen-bond donors (Lipinski definition) is 2. The summed E-state index contributed by atoms with van der Waals surface area (Å²) in [7, 11) is 0. The second-order valence-electron chi connectivity index (χ2n) is 5.66. The standard InChI is InChI=1S/C15H23N3O2/c1-4-17-14(19)11-5-6-12(16)13(9-11)18-7-8-20-15(2,3)10-18/h5-6,9H,4,7-8,10,16H2,1-3H3,(H,17,19). The molecule has 1 fully saturated rings. The molecule has 1 aliphatic rings. The number of nitrogens with two attached hydrogens (primary N) is 1. The van der Waals surface area contributed by atoms with Gasteiger partial charge in [0.15, 0.2) is 0 Å². The Bertz CT molecular complexity index is 500. The average molecular weight is 277 g/mol. The lowest BCUT2D eigenvalue weighted by molar-refractivity contribution is -0.0276. The molecular weight excluding hydrogens is 254 g/mol. The zero-order valence-electron chi connectivity index (χ0n) is 12.4. The van der Waals surface area contributed by atoms with E-state index in [2.05, 4.69) is 24.1 Å².